The van der Waals surface area contributed by atoms with Crippen molar-refractivity contribution in [1.82, 2.24) is 0 Å². The van der Waals surface area contributed by atoms with Crippen LogP contribution in [0, 0.1) is 0 Å². The highest BCUT2D eigenvalue weighted by Crippen LogP contribution is 2.09. The first kappa shape index (κ1) is 26.8. The first-order chi connectivity index (χ1) is 15.8. The van der Waals surface area contributed by atoms with Crippen LogP contribution < -0.4 is 0 Å². The van der Waals surface area contributed by atoms with Gasteiger partial charge in [-0.2, -0.15) is 0 Å². The first-order valence-electron chi connectivity index (χ1n) is 10.0. The van der Waals surface area contributed by atoms with Crippen LogP contribution in [0.5, 0.6) is 0 Å². The Kier molecular flexibility index (Phi) is 12.0. The van der Waals surface area contributed by atoms with Gasteiger partial charge >= 0.3 is 23.9 Å². The SMILES string of the molecule is C=CCOC(=O)c1cccc(C(=O)O)c1.C=CCOC(=O)c1cccc(C(=O)OCCC)c1. The zero-order chi connectivity index (χ0) is 24.6. The van der Waals surface area contributed by atoms with E-state index in [0.717, 1.165) is 6.42 Å². The first-order valence-corrected chi connectivity index (χ1v) is 10.0. The molecule has 0 aromatic heterocycles. The van der Waals surface area contributed by atoms with Crippen molar-refractivity contribution in [2.45, 2.75) is 13.3 Å². The van der Waals surface area contributed by atoms with E-state index >= 15 is 0 Å². The van der Waals surface area contributed by atoms with Crippen LogP contribution in [0.1, 0.15) is 54.8 Å². The van der Waals surface area contributed by atoms with Gasteiger partial charge in [-0.05, 0) is 42.8 Å². The highest BCUT2D eigenvalue weighted by molar-refractivity contribution is 5.95. The Hall–Kier alpha value is -4.20. The van der Waals surface area contributed by atoms with Crippen molar-refractivity contribution in [1.29, 1.82) is 0 Å². The summed E-state index contributed by atoms with van der Waals surface area (Å²) in [5, 5.41) is 8.70. The third-order valence-corrected chi connectivity index (χ3v) is 3.78. The van der Waals surface area contributed by atoms with Crippen LogP contribution in [0.2, 0.25) is 0 Å². The molecule has 0 aliphatic rings. The maximum absolute atomic E-state index is 11.6. The fraction of sp³-hybridized carbons (Fsp3) is 0.200. The molecule has 0 amide bonds. The Labute approximate surface area is 192 Å². The van der Waals surface area contributed by atoms with Gasteiger partial charge in [0.25, 0.3) is 0 Å². The monoisotopic (exact) mass is 454 g/mol. The van der Waals surface area contributed by atoms with E-state index in [1.165, 1.54) is 42.5 Å². The van der Waals surface area contributed by atoms with Gasteiger partial charge in [-0.15, -0.1) is 0 Å². The van der Waals surface area contributed by atoms with Crippen LogP contribution in [0.15, 0.2) is 73.8 Å². The van der Waals surface area contributed by atoms with Gasteiger partial charge in [0.1, 0.15) is 13.2 Å². The molecular weight excluding hydrogens is 428 g/mol. The Morgan fingerprint density at radius 1 is 0.758 bits per heavy atom. The molecule has 0 saturated heterocycles. The highest BCUT2D eigenvalue weighted by atomic mass is 16.5. The average Bonchev–Trinajstić information content (AvgIpc) is 2.84. The minimum absolute atomic E-state index is 0.0584. The Balaban J connectivity index is 0.000000335. The second kappa shape index (κ2) is 14.7. The maximum Gasteiger partial charge on any atom is 0.338 e. The topological polar surface area (TPSA) is 116 Å². The summed E-state index contributed by atoms with van der Waals surface area (Å²) in [7, 11) is 0. The van der Waals surface area contributed by atoms with E-state index < -0.39 is 23.9 Å². The molecule has 0 aliphatic heterocycles. The standard InChI is InChI=1S/C14H16O4.C11H10O4/c1-3-8-17-13(15)11-6-5-7-12(10-11)14(16)18-9-4-2;1-2-6-15-11(14)9-5-3-4-8(7-9)10(12)13/h3,5-7,10H,1,4,8-9H2,2H3;2-5,7H,1,6H2,(H,12,13). The third kappa shape index (κ3) is 9.65. The quantitative estimate of drug-likeness (QED) is 0.320. The summed E-state index contributed by atoms with van der Waals surface area (Å²) in [5.74, 6) is -2.55. The molecule has 0 unspecified atom stereocenters. The number of carboxylic acids is 1. The van der Waals surface area contributed by atoms with Crippen LogP contribution in [-0.2, 0) is 14.2 Å². The van der Waals surface area contributed by atoms with Crippen molar-refractivity contribution in [3.8, 4) is 0 Å². The molecule has 2 rings (SSSR count). The number of hydrogen-bond acceptors (Lipinski definition) is 7. The number of esters is 3. The molecule has 0 aliphatic carbocycles. The molecule has 0 heterocycles. The summed E-state index contributed by atoms with van der Waals surface area (Å²) in [4.78, 5) is 45.1. The molecule has 33 heavy (non-hydrogen) atoms. The van der Waals surface area contributed by atoms with Crippen molar-refractivity contribution in [3.63, 3.8) is 0 Å². The molecule has 0 radical (unpaired) electrons. The largest absolute Gasteiger partial charge is 0.478 e. The van der Waals surface area contributed by atoms with Gasteiger partial charge in [-0.1, -0.05) is 44.4 Å². The Bertz CT molecular complexity index is 993. The van der Waals surface area contributed by atoms with Gasteiger partial charge in [0.2, 0.25) is 0 Å². The van der Waals surface area contributed by atoms with Gasteiger partial charge in [0.05, 0.1) is 28.9 Å². The number of carboxylic acid groups (broad SMARTS) is 1. The lowest BCUT2D eigenvalue weighted by molar-refractivity contribution is 0.0502. The summed E-state index contributed by atoms with van der Waals surface area (Å²) in [6.45, 7) is 9.38. The van der Waals surface area contributed by atoms with Crippen LogP contribution >= 0.6 is 0 Å². The third-order valence-electron chi connectivity index (χ3n) is 3.78. The second-order valence-electron chi connectivity index (χ2n) is 6.38. The molecule has 8 heteroatoms. The predicted octanol–water partition coefficient (Wildman–Crippen LogP) is 4.32. The number of rotatable bonds is 10. The molecule has 1 N–H and O–H groups in total. The fourth-order valence-electron chi connectivity index (χ4n) is 2.27. The van der Waals surface area contributed by atoms with Crippen molar-refractivity contribution in [2.75, 3.05) is 19.8 Å². The van der Waals surface area contributed by atoms with Crippen molar-refractivity contribution >= 4 is 23.9 Å². The molecule has 0 spiro atoms. The maximum atomic E-state index is 11.6. The minimum Gasteiger partial charge on any atom is -0.478 e. The van der Waals surface area contributed by atoms with Gasteiger partial charge in [-0.25, -0.2) is 19.2 Å². The van der Waals surface area contributed by atoms with Crippen molar-refractivity contribution in [3.05, 3.63) is 96.1 Å². The Morgan fingerprint density at radius 2 is 1.15 bits per heavy atom. The van der Waals surface area contributed by atoms with Crippen molar-refractivity contribution < 1.29 is 38.5 Å². The Morgan fingerprint density at radius 3 is 1.55 bits per heavy atom. The number of aromatic carboxylic acids is 1. The van der Waals surface area contributed by atoms with E-state index in [-0.39, 0.29) is 24.3 Å². The molecule has 0 fully saturated rings. The lowest BCUT2D eigenvalue weighted by Crippen LogP contribution is -2.09. The van der Waals surface area contributed by atoms with Gasteiger partial charge in [0.15, 0.2) is 0 Å². The summed E-state index contributed by atoms with van der Waals surface area (Å²) < 4.78 is 14.6. The number of benzene rings is 2. The van der Waals surface area contributed by atoms with E-state index in [2.05, 4.69) is 13.2 Å². The number of hydrogen-bond donors (Lipinski definition) is 1. The lowest BCUT2D eigenvalue weighted by Gasteiger charge is -2.05. The van der Waals surface area contributed by atoms with Gasteiger partial charge in [-0.3, -0.25) is 0 Å². The van der Waals surface area contributed by atoms with Gasteiger partial charge < -0.3 is 19.3 Å². The predicted molar refractivity (Wildman–Crippen MR) is 121 cm³/mol. The number of carbonyl (C=O) groups excluding carboxylic acids is 3. The van der Waals surface area contributed by atoms with Crippen LogP contribution in [0.4, 0.5) is 0 Å². The van der Waals surface area contributed by atoms with Crippen LogP contribution in [-0.4, -0.2) is 48.8 Å². The smallest absolute Gasteiger partial charge is 0.338 e. The molecule has 8 nitrogen and oxygen atoms in total. The van der Waals surface area contributed by atoms with Crippen LogP contribution in [0.25, 0.3) is 0 Å². The van der Waals surface area contributed by atoms with E-state index in [0.29, 0.717) is 17.7 Å². The second-order valence-corrected chi connectivity index (χ2v) is 6.38. The molecule has 0 bridgehead atoms. The summed E-state index contributed by atoms with van der Waals surface area (Å²) in [6.07, 6.45) is 3.68. The van der Waals surface area contributed by atoms with E-state index in [4.69, 9.17) is 19.3 Å². The molecule has 2 aromatic rings. The summed E-state index contributed by atoms with van der Waals surface area (Å²) in [5.41, 5.74) is 0.944. The van der Waals surface area contributed by atoms with Crippen LogP contribution in [0.3, 0.4) is 0 Å². The summed E-state index contributed by atoms with van der Waals surface area (Å²) in [6, 6.07) is 11.9. The fourth-order valence-corrected chi connectivity index (χ4v) is 2.27. The minimum atomic E-state index is -1.08. The highest BCUT2D eigenvalue weighted by Gasteiger charge is 2.12. The van der Waals surface area contributed by atoms with Crippen molar-refractivity contribution in [2.24, 2.45) is 0 Å². The van der Waals surface area contributed by atoms with E-state index in [9.17, 15) is 19.2 Å². The molecule has 0 saturated carbocycles. The zero-order valence-electron chi connectivity index (χ0n) is 18.3. The van der Waals surface area contributed by atoms with Gasteiger partial charge in [0, 0.05) is 0 Å². The molecular formula is C25H26O8. The summed E-state index contributed by atoms with van der Waals surface area (Å²) >= 11 is 0. The molecule has 174 valence electrons. The average molecular weight is 454 g/mol. The van der Waals surface area contributed by atoms with E-state index in [1.54, 1.807) is 18.2 Å². The number of ether oxygens (including phenoxy) is 3. The molecule has 2 aromatic carbocycles. The molecule has 0 atom stereocenters. The number of carbonyl (C=O) groups is 4. The lowest BCUT2D eigenvalue weighted by atomic mass is 10.1. The normalized spacial score (nSPS) is 9.48. The zero-order valence-corrected chi connectivity index (χ0v) is 18.3. The van der Waals surface area contributed by atoms with E-state index in [1.807, 2.05) is 6.92 Å².